The molecule has 0 N–H and O–H groups in total. The Morgan fingerprint density at radius 3 is 2.68 bits per heavy atom. The molecule has 22 heavy (non-hydrogen) atoms. The molecule has 3 nitrogen and oxygen atoms in total. The Morgan fingerprint density at radius 2 is 1.86 bits per heavy atom. The average Bonchev–Trinajstić information content (AvgIpc) is 2.97. The second-order valence-corrected chi connectivity index (χ2v) is 6.38. The lowest BCUT2D eigenvalue weighted by Crippen LogP contribution is -2.44. The van der Waals surface area contributed by atoms with Gasteiger partial charge in [-0.25, -0.2) is 0 Å². The van der Waals surface area contributed by atoms with Gasteiger partial charge >= 0.3 is 0 Å². The molecule has 0 saturated heterocycles. The number of carbonyl (C=O) groups excluding carboxylic acids is 1. The summed E-state index contributed by atoms with van der Waals surface area (Å²) in [5.41, 5.74) is 2.27. The number of nitrogens with zero attached hydrogens (tertiary/aromatic N) is 2. The summed E-state index contributed by atoms with van der Waals surface area (Å²) in [7, 11) is 0. The monoisotopic (exact) mass is 310 g/mol. The van der Waals surface area contributed by atoms with Crippen LogP contribution in [-0.4, -0.2) is 17.9 Å². The Kier molecular flexibility index (Phi) is 3.12. The lowest BCUT2D eigenvalue weighted by molar-refractivity contribution is 0.0853. The molecule has 110 valence electrons. The molecule has 0 unspecified atom stereocenters. The zero-order chi connectivity index (χ0) is 15.2. The molecule has 1 heterocycles. The summed E-state index contributed by atoms with van der Waals surface area (Å²) < 4.78 is 0. The molecule has 1 spiro atoms. The molecule has 0 radical (unpaired) electrons. The summed E-state index contributed by atoms with van der Waals surface area (Å²) in [6, 6.07) is 15.5. The fraction of sp³-hybridized carbons (Fsp3) is 0.278. The Hall–Kier alpha value is -2.00. The molecule has 0 aromatic heterocycles. The zero-order valence-electron chi connectivity index (χ0n) is 12.0. The summed E-state index contributed by atoms with van der Waals surface area (Å²) in [6.45, 7) is 0.565. The topological polar surface area (TPSA) is 41.8 Å². The molecule has 2 aromatic rings. The SMILES string of the molecule is O=C1c2ccccc2CC[C@@]12N=NC[C@@H]2c1ccc(Cl)cc1. The first-order valence-corrected chi connectivity index (χ1v) is 7.85. The zero-order valence-corrected chi connectivity index (χ0v) is 12.8. The lowest BCUT2D eigenvalue weighted by Gasteiger charge is -2.34. The number of hydrogen-bond acceptors (Lipinski definition) is 3. The molecule has 1 aliphatic heterocycles. The first kappa shape index (κ1) is 13.6. The van der Waals surface area contributed by atoms with E-state index in [4.69, 9.17) is 11.6 Å². The number of hydrogen-bond donors (Lipinski definition) is 0. The molecule has 2 aliphatic rings. The van der Waals surface area contributed by atoms with Crippen molar-refractivity contribution in [3.63, 3.8) is 0 Å². The quantitative estimate of drug-likeness (QED) is 0.767. The number of aryl methyl sites for hydroxylation is 1. The van der Waals surface area contributed by atoms with Crippen molar-refractivity contribution in [1.29, 1.82) is 0 Å². The molecular formula is C18H15ClN2O. The fourth-order valence-electron chi connectivity index (χ4n) is 3.61. The van der Waals surface area contributed by atoms with Crippen LogP contribution >= 0.6 is 11.6 Å². The molecule has 0 amide bonds. The van der Waals surface area contributed by atoms with Crippen LogP contribution in [0.3, 0.4) is 0 Å². The van der Waals surface area contributed by atoms with Gasteiger partial charge in [-0.3, -0.25) is 4.79 Å². The van der Waals surface area contributed by atoms with E-state index in [1.165, 1.54) is 0 Å². The van der Waals surface area contributed by atoms with Gasteiger partial charge in [0.15, 0.2) is 11.3 Å². The van der Waals surface area contributed by atoms with Crippen molar-refractivity contribution in [3.05, 3.63) is 70.2 Å². The van der Waals surface area contributed by atoms with Crippen molar-refractivity contribution in [2.75, 3.05) is 6.54 Å². The summed E-state index contributed by atoms with van der Waals surface area (Å²) in [6.07, 6.45) is 1.59. The number of benzene rings is 2. The third-order valence-corrected chi connectivity index (χ3v) is 5.04. The van der Waals surface area contributed by atoms with E-state index in [1.54, 1.807) is 0 Å². The van der Waals surface area contributed by atoms with Crippen LogP contribution in [0.5, 0.6) is 0 Å². The largest absolute Gasteiger partial charge is 0.291 e. The molecule has 4 heteroatoms. The molecule has 2 aromatic carbocycles. The molecule has 2 atom stereocenters. The van der Waals surface area contributed by atoms with Crippen molar-refractivity contribution in [1.82, 2.24) is 0 Å². The second-order valence-electron chi connectivity index (χ2n) is 5.94. The van der Waals surface area contributed by atoms with Crippen LogP contribution in [0, 0.1) is 0 Å². The highest BCUT2D eigenvalue weighted by atomic mass is 35.5. The summed E-state index contributed by atoms with van der Waals surface area (Å²) in [5.74, 6) is 0.112. The summed E-state index contributed by atoms with van der Waals surface area (Å²) in [5, 5.41) is 9.36. The van der Waals surface area contributed by atoms with E-state index in [9.17, 15) is 4.79 Å². The van der Waals surface area contributed by atoms with E-state index in [0.717, 1.165) is 29.5 Å². The first-order valence-electron chi connectivity index (χ1n) is 7.47. The van der Waals surface area contributed by atoms with Gasteiger partial charge in [0.25, 0.3) is 0 Å². The van der Waals surface area contributed by atoms with Gasteiger partial charge < -0.3 is 0 Å². The van der Waals surface area contributed by atoms with Crippen LogP contribution in [0.2, 0.25) is 5.02 Å². The van der Waals surface area contributed by atoms with Gasteiger partial charge in [0.05, 0.1) is 6.54 Å². The maximum Gasteiger partial charge on any atom is 0.193 e. The number of carbonyl (C=O) groups is 1. The second kappa shape index (κ2) is 5.03. The average molecular weight is 311 g/mol. The summed E-state index contributed by atoms with van der Waals surface area (Å²) in [4.78, 5) is 13.1. The fourth-order valence-corrected chi connectivity index (χ4v) is 3.73. The van der Waals surface area contributed by atoms with Crippen LogP contribution < -0.4 is 0 Å². The van der Waals surface area contributed by atoms with Crippen LogP contribution in [0.25, 0.3) is 0 Å². The number of Topliss-reactive ketones (excluding diaryl/α,β-unsaturated/α-hetero) is 1. The molecule has 0 fully saturated rings. The Morgan fingerprint density at radius 1 is 1.09 bits per heavy atom. The molecule has 0 saturated carbocycles. The van der Waals surface area contributed by atoms with E-state index in [2.05, 4.69) is 10.2 Å². The van der Waals surface area contributed by atoms with Crippen molar-refractivity contribution >= 4 is 17.4 Å². The van der Waals surface area contributed by atoms with Crippen LogP contribution in [0.4, 0.5) is 0 Å². The van der Waals surface area contributed by atoms with Crippen LogP contribution in [0.1, 0.15) is 33.8 Å². The maximum absolute atomic E-state index is 13.1. The van der Waals surface area contributed by atoms with Gasteiger partial charge in [-0.1, -0.05) is 48.0 Å². The van der Waals surface area contributed by atoms with Crippen LogP contribution in [-0.2, 0) is 6.42 Å². The minimum absolute atomic E-state index is 0.00521. The number of fused-ring (bicyclic) bond motifs is 1. The van der Waals surface area contributed by atoms with Crippen molar-refractivity contribution < 1.29 is 4.79 Å². The van der Waals surface area contributed by atoms with E-state index in [0.29, 0.717) is 11.6 Å². The van der Waals surface area contributed by atoms with Crippen LogP contribution in [0.15, 0.2) is 58.8 Å². The standard InChI is InChI=1S/C18H15ClN2O/c19-14-7-5-13(6-8-14)16-11-20-21-18(16)10-9-12-3-1-2-4-15(12)17(18)22/h1-8,16H,9-11H2/t16-,18+/m1/s1. The summed E-state index contributed by atoms with van der Waals surface area (Å²) >= 11 is 5.98. The Balaban J connectivity index is 1.78. The van der Waals surface area contributed by atoms with Crippen molar-refractivity contribution in [2.45, 2.75) is 24.3 Å². The predicted molar refractivity (Wildman–Crippen MR) is 85.7 cm³/mol. The van der Waals surface area contributed by atoms with E-state index < -0.39 is 5.54 Å². The van der Waals surface area contributed by atoms with Crippen molar-refractivity contribution in [3.8, 4) is 0 Å². The maximum atomic E-state index is 13.1. The van der Waals surface area contributed by atoms with Gasteiger partial charge in [-0.15, -0.1) is 0 Å². The van der Waals surface area contributed by atoms with Gasteiger partial charge in [-0.2, -0.15) is 10.2 Å². The van der Waals surface area contributed by atoms with Crippen molar-refractivity contribution in [2.24, 2.45) is 10.2 Å². The lowest BCUT2D eigenvalue weighted by atomic mass is 9.68. The number of azo groups is 1. The highest BCUT2D eigenvalue weighted by Crippen LogP contribution is 2.45. The number of halogens is 1. The highest BCUT2D eigenvalue weighted by molar-refractivity contribution is 6.30. The minimum Gasteiger partial charge on any atom is -0.291 e. The molecular weight excluding hydrogens is 296 g/mol. The third-order valence-electron chi connectivity index (χ3n) is 4.79. The predicted octanol–water partition coefficient (Wildman–Crippen LogP) is 4.46. The first-order chi connectivity index (χ1) is 10.7. The van der Waals surface area contributed by atoms with Gasteiger partial charge in [0.2, 0.25) is 0 Å². The molecule has 4 rings (SSSR count). The highest BCUT2D eigenvalue weighted by Gasteiger charge is 2.51. The minimum atomic E-state index is -0.734. The number of rotatable bonds is 1. The van der Waals surface area contributed by atoms with Gasteiger partial charge in [0, 0.05) is 16.5 Å². The van der Waals surface area contributed by atoms with E-state index in [-0.39, 0.29) is 11.7 Å². The normalized spacial score (nSPS) is 26.4. The smallest absolute Gasteiger partial charge is 0.193 e. The third kappa shape index (κ3) is 1.92. The van der Waals surface area contributed by atoms with Gasteiger partial charge in [0.1, 0.15) is 0 Å². The molecule has 1 aliphatic carbocycles. The van der Waals surface area contributed by atoms with Gasteiger partial charge in [-0.05, 0) is 36.1 Å². The Bertz CT molecular complexity index is 769. The van der Waals surface area contributed by atoms with E-state index >= 15 is 0 Å². The Labute approximate surface area is 134 Å². The number of ketones is 1. The molecule has 0 bridgehead atoms. The van der Waals surface area contributed by atoms with E-state index in [1.807, 2.05) is 48.5 Å².